The number of halogens is 2. The lowest BCUT2D eigenvalue weighted by molar-refractivity contribution is -0.127. The zero-order valence-corrected chi connectivity index (χ0v) is 21.1. The molecule has 180 valence electrons. The Labute approximate surface area is 210 Å². The van der Waals surface area contributed by atoms with Gasteiger partial charge in [-0.2, -0.15) is 0 Å². The summed E-state index contributed by atoms with van der Waals surface area (Å²) in [6.45, 7) is 0. The van der Waals surface area contributed by atoms with Crippen molar-refractivity contribution in [2.24, 2.45) is 4.99 Å². The van der Waals surface area contributed by atoms with E-state index in [9.17, 15) is 9.59 Å². The number of rotatable bonds is 5. The summed E-state index contributed by atoms with van der Waals surface area (Å²) in [5.74, 6) is 0.218. The fourth-order valence-electron chi connectivity index (χ4n) is 4.72. The second kappa shape index (κ2) is 10.8. The number of benzene rings is 2. The summed E-state index contributed by atoms with van der Waals surface area (Å²) in [6.07, 6.45) is 5.46. The number of hydrogen-bond donors (Lipinski definition) is 1. The number of carbonyl (C=O) groups is 2. The molecule has 0 aromatic heterocycles. The second-order valence-electron chi connectivity index (χ2n) is 8.98. The molecule has 34 heavy (non-hydrogen) atoms. The third-order valence-corrected chi connectivity index (χ3v) is 7.30. The average molecular weight is 501 g/mol. The lowest BCUT2D eigenvalue weighted by Gasteiger charge is -2.34. The number of aliphatic imine (C=N–C) groups is 1. The average Bonchev–Trinajstić information content (AvgIpc) is 2.94. The molecular formula is C26H30Cl2N4O2. The number of para-hydroxylation sites is 1. The Kier molecular flexibility index (Phi) is 7.79. The minimum atomic E-state index is -0.994. The van der Waals surface area contributed by atoms with Crippen molar-refractivity contribution < 1.29 is 9.59 Å². The first-order valence-electron chi connectivity index (χ1n) is 11.8. The first kappa shape index (κ1) is 24.6. The number of amidine groups is 1. The van der Waals surface area contributed by atoms with Crippen LogP contribution in [0.15, 0.2) is 47.5 Å². The molecule has 1 fully saturated rings. The molecule has 6 nitrogen and oxygen atoms in total. The predicted molar refractivity (Wildman–Crippen MR) is 138 cm³/mol. The van der Waals surface area contributed by atoms with E-state index in [1.165, 1.54) is 19.3 Å². The molecule has 0 radical (unpaired) electrons. The summed E-state index contributed by atoms with van der Waals surface area (Å²) in [5, 5.41) is 3.92. The van der Waals surface area contributed by atoms with E-state index in [0.717, 1.165) is 35.5 Å². The maximum absolute atomic E-state index is 13.3. The molecule has 8 heteroatoms. The van der Waals surface area contributed by atoms with Gasteiger partial charge in [-0.3, -0.25) is 9.59 Å². The highest BCUT2D eigenvalue weighted by Crippen LogP contribution is 2.29. The largest absolute Gasteiger partial charge is 0.356 e. The van der Waals surface area contributed by atoms with E-state index < -0.39 is 6.17 Å². The molecule has 2 aromatic carbocycles. The van der Waals surface area contributed by atoms with Crippen molar-refractivity contribution in [3.05, 3.63) is 63.6 Å². The van der Waals surface area contributed by atoms with E-state index in [2.05, 4.69) is 10.2 Å². The first-order chi connectivity index (χ1) is 16.3. The van der Waals surface area contributed by atoms with Gasteiger partial charge in [0, 0.05) is 42.2 Å². The Bertz CT molecular complexity index is 1100. The van der Waals surface area contributed by atoms with Crippen LogP contribution in [0.2, 0.25) is 10.0 Å². The number of benzodiazepines with no additional fused rings is 1. The Morgan fingerprint density at radius 1 is 1.15 bits per heavy atom. The van der Waals surface area contributed by atoms with E-state index in [0.29, 0.717) is 22.5 Å². The Balaban J connectivity index is 1.56. The SMILES string of the molecule is CN1C(=O)C(NC(=O)CCc2ccc(Cl)cc2Cl)N=C(N(C)C2CCCCC2)c2ccccc21. The van der Waals surface area contributed by atoms with E-state index in [4.69, 9.17) is 28.2 Å². The maximum atomic E-state index is 13.3. The number of nitrogens with zero attached hydrogens (tertiary/aromatic N) is 3. The summed E-state index contributed by atoms with van der Waals surface area (Å²) in [7, 11) is 3.77. The number of aryl methyl sites for hydroxylation is 1. The van der Waals surface area contributed by atoms with Crippen LogP contribution in [-0.4, -0.2) is 48.9 Å². The van der Waals surface area contributed by atoms with Gasteiger partial charge in [-0.25, -0.2) is 4.99 Å². The number of amides is 2. The van der Waals surface area contributed by atoms with E-state index in [1.54, 1.807) is 24.1 Å². The van der Waals surface area contributed by atoms with Crippen LogP contribution in [0.5, 0.6) is 0 Å². The minimum absolute atomic E-state index is 0.186. The van der Waals surface area contributed by atoms with Gasteiger partial charge >= 0.3 is 0 Å². The van der Waals surface area contributed by atoms with Crippen LogP contribution < -0.4 is 10.2 Å². The van der Waals surface area contributed by atoms with Gasteiger partial charge in [-0.15, -0.1) is 0 Å². The number of fused-ring (bicyclic) bond motifs is 1. The summed E-state index contributed by atoms with van der Waals surface area (Å²) in [5.41, 5.74) is 2.52. The minimum Gasteiger partial charge on any atom is -0.356 e. The molecular weight excluding hydrogens is 471 g/mol. The number of carbonyl (C=O) groups excluding carboxylic acids is 2. The molecule has 1 unspecified atom stereocenters. The van der Waals surface area contributed by atoms with Crippen molar-refractivity contribution in [3.63, 3.8) is 0 Å². The quantitative estimate of drug-likeness (QED) is 0.623. The van der Waals surface area contributed by atoms with Crippen LogP contribution in [-0.2, 0) is 16.0 Å². The van der Waals surface area contributed by atoms with Crippen LogP contribution in [0.25, 0.3) is 0 Å². The van der Waals surface area contributed by atoms with Crippen molar-refractivity contribution >= 4 is 46.5 Å². The van der Waals surface area contributed by atoms with Crippen LogP contribution in [0, 0.1) is 0 Å². The molecule has 4 rings (SSSR count). The topological polar surface area (TPSA) is 65.0 Å². The highest BCUT2D eigenvalue weighted by Gasteiger charge is 2.33. The molecule has 0 bridgehead atoms. The second-order valence-corrected chi connectivity index (χ2v) is 9.82. The Morgan fingerprint density at radius 2 is 1.88 bits per heavy atom. The number of hydrogen-bond acceptors (Lipinski definition) is 4. The van der Waals surface area contributed by atoms with Crippen LogP contribution in [0.3, 0.4) is 0 Å². The molecule has 2 amide bonds. The van der Waals surface area contributed by atoms with Crippen molar-refractivity contribution in [1.82, 2.24) is 10.2 Å². The van der Waals surface area contributed by atoms with E-state index in [-0.39, 0.29) is 18.2 Å². The molecule has 1 heterocycles. The Hall–Kier alpha value is -2.57. The van der Waals surface area contributed by atoms with Gasteiger partial charge in [0.15, 0.2) is 0 Å². The number of likely N-dealkylation sites (N-methyl/N-ethyl adjacent to an activating group) is 1. The van der Waals surface area contributed by atoms with Gasteiger partial charge in [0.25, 0.3) is 5.91 Å². The number of anilines is 1. The standard InChI is InChI=1S/C26H30Cl2N4O2/c1-31(19-8-4-3-5-9-19)25-20-10-6-7-11-22(20)32(2)26(34)24(30-25)29-23(33)15-13-17-12-14-18(27)16-21(17)28/h6-7,10-12,14,16,19,24H,3-5,8-9,13,15H2,1-2H3,(H,29,33). The maximum Gasteiger partial charge on any atom is 0.272 e. The summed E-state index contributed by atoms with van der Waals surface area (Å²) in [4.78, 5) is 34.7. The molecule has 2 aromatic rings. The van der Waals surface area contributed by atoms with Crippen molar-refractivity contribution in [3.8, 4) is 0 Å². The zero-order valence-electron chi connectivity index (χ0n) is 19.6. The molecule has 0 saturated heterocycles. The Morgan fingerprint density at radius 3 is 2.62 bits per heavy atom. The molecule has 0 spiro atoms. The van der Waals surface area contributed by atoms with E-state index >= 15 is 0 Å². The monoisotopic (exact) mass is 500 g/mol. The predicted octanol–water partition coefficient (Wildman–Crippen LogP) is 5.06. The van der Waals surface area contributed by atoms with Crippen molar-refractivity contribution in [1.29, 1.82) is 0 Å². The molecule has 1 atom stereocenters. The van der Waals surface area contributed by atoms with Gasteiger partial charge in [-0.1, -0.05) is 60.7 Å². The molecule has 1 N–H and O–H groups in total. The first-order valence-corrected chi connectivity index (χ1v) is 12.5. The molecule has 1 aliphatic carbocycles. The molecule has 1 aliphatic heterocycles. The third kappa shape index (κ3) is 5.39. The normalized spacial score (nSPS) is 18.7. The summed E-state index contributed by atoms with van der Waals surface area (Å²) < 4.78 is 0. The van der Waals surface area contributed by atoms with Gasteiger partial charge in [0.05, 0.1) is 5.69 Å². The van der Waals surface area contributed by atoms with Crippen LogP contribution >= 0.6 is 23.2 Å². The van der Waals surface area contributed by atoms with Gasteiger partial charge in [0.2, 0.25) is 12.1 Å². The van der Waals surface area contributed by atoms with Gasteiger partial charge in [0.1, 0.15) is 5.84 Å². The number of nitrogens with one attached hydrogen (secondary N) is 1. The van der Waals surface area contributed by atoms with Gasteiger partial charge < -0.3 is 15.1 Å². The molecule has 1 saturated carbocycles. The lowest BCUT2D eigenvalue weighted by Crippen LogP contribution is -2.46. The van der Waals surface area contributed by atoms with Crippen molar-refractivity contribution in [2.45, 2.75) is 57.2 Å². The summed E-state index contributed by atoms with van der Waals surface area (Å²) >= 11 is 12.2. The third-order valence-electron chi connectivity index (χ3n) is 6.71. The smallest absolute Gasteiger partial charge is 0.272 e. The lowest BCUT2D eigenvalue weighted by atomic mass is 9.94. The van der Waals surface area contributed by atoms with Crippen LogP contribution in [0.1, 0.15) is 49.7 Å². The van der Waals surface area contributed by atoms with Crippen molar-refractivity contribution in [2.75, 3.05) is 19.0 Å². The highest BCUT2D eigenvalue weighted by molar-refractivity contribution is 6.35. The zero-order chi connectivity index (χ0) is 24.2. The van der Waals surface area contributed by atoms with Gasteiger partial charge in [-0.05, 0) is 49.1 Å². The fourth-order valence-corrected chi connectivity index (χ4v) is 5.22. The summed E-state index contributed by atoms with van der Waals surface area (Å²) in [6, 6.07) is 13.4. The highest BCUT2D eigenvalue weighted by atomic mass is 35.5. The molecule has 2 aliphatic rings. The van der Waals surface area contributed by atoms with E-state index in [1.807, 2.05) is 37.4 Å². The van der Waals surface area contributed by atoms with Crippen LogP contribution in [0.4, 0.5) is 5.69 Å². The fraction of sp³-hybridized carbons (Fsp3) is 0.423.